The normalized spacial score (nSPS) is 11.0. The van der Waals surface area contributed by atoms with Crippen molar-refractivity contribution in [2.75, 3.05) is 16.8 Å². The molecule has 0 saturated carbocycles. The molecular weight excluding hydrogens is 292 g/mol. The predicted molar refractivity (Wildman–Crippen MR) is 80.5 cm³/mol. The summed E-state index contributed by atoms with van der Waals surface area (Å²) < 4.78 is 32.4. The number of hydrogen-bond acceptors (Lipinski definition) is 6. The lowest BCUT2D eigenvalue weighted by Gasteiger charge is -2.11. The van der Waals surface area contributed by atoms with E-state index in [0.717, 1.165) is 0 Å². The minimum absolute atomic E-state index is 0.0265. The van der Waals surface area contributed by atoms with Gasteiger partial charge < -0.3 is 10.2 Å². The molecule has 8 heteroatoms. The Bertz CT molecular complexity index is 702. The molecule has 7 nitrogen and oxygen atoms in total. The van der Waals surface area contributed by atoms with Crippen molar-refractivity contribution in [3.05, 3.63) is 42.6 Å². The number of hydrogen-bond donors (Lipinski definition) is 3. The second-order valence-electron chi connectivity index (χ2n) is 4.06. The first kappa shape index (κ1) is 15.1. The lowest BCUT2D eigenvalue weighted by molar-refractivity contribution is 0.340. The Balaban J connectivity index is 2.24. The van der Waals surface area contributed by atoms with Crippen molar-refractivity contribution >= 4 is 21.5 Å². The molecule has 2 aromatic rings. The second-order valence-corrected chi connectivity index (χ2v) is 5.71. The highest BCUT2D eigenvalue weighted by Crippen LogP contribution is 2.22. The van der Waals surface area contributed by atoms with Crippen LogP contribution in [0.15, 0.2) is 47.5 Å². The summed E-state index contributed by atoms with van der Waals surface area (Å²) in [6, 6.07) is 9.55. The van der Waals surface area contributed by atoms with Crippen LogP contribution in [0.2, 0.25) is 0 Å². The van der Waals surface area contributed by atoms with Gasteiger partial charge in [-0.3, -0.25) is 4.72 Å². The molecule has 0 saturated heterocycles. The second kappa shape index (κ2) is 6.42. The summed E-state index contributed by atoms with van der Waals surface area (Å²) in [4.78, 5) is 3.84. The summed E-state index contributed by atoms with van der Waals surface area (Å²) in [5, 5.41) is 0. The van der Waals surface area contributed by atoms with E-state index >= 15 is 0 Å². The number of pyridine rings is 1. The van der Waals surface area contributed by atoms with Crippen LogP contribution in [-0.4, -0.2) is 20.0 Å². The lowest BCUT2D eigenvalue weighted by Crippen LogP contribution is -2.18. The number of anilines is 2. The highest BCUT2D eigenvalue weighted by Gasteiger charge is 2.19. The fourth-order valence-corrected chi connectivity index (χ4v) is 2.89. The van der Waals surface area contributed by atoms with Crippen LogP contribution in [0.4, 0.5) is 11.5 Å². The van der Waals surface area contributed by atoms with Gasteiger partial charge in [-0.05, 0) is 43.3 Å². The van der Waals surface area contributed by atoms with Crippen LogP contribution < -0.4 is 20.7 Å². The molecule has 0 aliphatic rings. The van der Waals surface area contributed by atoms with Crippen LogP contribution in [0, 0.1) is 0 Å². The SMILES string of the molecule is CCOc1ccc(NS(=O)(=O)c2cccnc2NN)cc1. The summed E-state index contributed by atoms with van der Waals surface area (Å²) in [5.41, 5.74) is 2.68. The Morgan fingerprint density at radius 3 is 2.57 bits per heavy atom. The predicted octanol–water partition coefficient (Wildman–Crippen LogP) is 1.57. The number of nitrogens with zero attached hydrogens (tertiary/aromatic N) is 1. The molecule has 1 aromatic heterocycles. The van der Waals surface area contributed by atoms with Gasteiger partial charge in [0.25, 0.3) is 10.0 Å². The monoisotopic (exact) mass is 308 g/mol. The first-order valence-corrected chi connectivity index (χ1v) is 7.72. The lowest BCUT2D eigenvalue weighted by atomic mass is 10.3. The number of sulfonamides is 1. The Kier molecular flexibility index (Phi) is 4.61. The number of benzene rings is 1. The molecule has 1 aromatic carbocycles. The summed E-state index contributed by atoms with van der Waals surface area (Å²) >= 11 is 0. The topological polar surface area (TPSA) is 106 Å². The van der Waals surface area contributed by atoms with Gasteiger partial charge in [0, 0.05) is 11.9 Å². The number of hydrazine groups is 1. The molecule has 0 unspecified atom stereocenters. The minimum Gasteiger partial charge on any atom is -0.494 e. The van der Waals surface area contributed by atoms with Gasteiger partial charge in [-0.25, -0.2) is 19.2 Å². The van der Waals surface area contributed by atoms with Gasteiger partial charge in [0.05, 0.1) is 6.61 Å². The van der Waals surface area contributed by atoms with Gasteiger partial charge >= 0.3 is 0 Å². The van der Waals surface area contributed by atoms with Crippen LogP contribution in [0.5, 0.6) is 5.75 Å². The smallest absolute Gasteiger partial charge is 0.265 e. The zero-order chi connectivity index (χ0) is 15.3. The van der Waals surface area contributed by atoms with Gasteiger partial charge in [-0.2, -0.15) is 0 Å². The molecule has 0 spiro atoms. The van der Waals surface area contributed by atoms with Crippen LogP contribution in [0.3, 0.4) is 0 Å². The summed E-state index contributed by atoms with van der Waals surface area (Å²) in [6.45, 7) is 2.42. The van der Waals surface area contributed by atoms with Crippen LogP contribution in [0.25, 0.3) is 0 Å². The van der Waals surface area contributed by atoms with Crippen molar-refractivity contribution < 1.29 is 13.2 Å². The van der Waals surface area contributed by atoms with E-state index in [1.54, 1.807) is 24.3 Å². The molecule has 112 valence electrons. The number of nitrogens with one attached hydrogen (secondary N) is 2. The Morgan fingerprint density at radius 2 is 1.95 bits per heavy atom. The van der Waals surface area contributed by atoms with E-state index in [0.29, 0.717) is 18.0 Å². The Labute approximate surface area is 123 Å². The van der Waals surface area contributed by atoms with E-state index < -0.39 is 10.0 Å². The molecule has 0 radical (unpaired) electrons. The van der Waals surface area contributed by atoms with E-state index in [-0.39, 0.29) is 10.7 Å². The standard InChI is InChI=1S/C13H16N4O3S/c1-2-20-11-7-5-10(6-8-11)17-21(18,19)12-4-3-9-15-13(12)16-14/h3-9,17H,2,14H2,1H3,(H,15,16). The van der Waals surface area contributed by atoms with Crippen molar-refractivity contribution in [1.82, 2.24) is 4.98 Å². The van der Waals surface area contributed by atoms with E-state index in [1.807, 2.05) is 6.92 Å². The van der Waals surface area contributed by atoms with E-state index in [1.165, 1.54) is 18.3 Å². The van der Waals surface area contributed by atoms with Gasteiger partial charge in [-0.1, -0.05) is 0 Å². The first-order chi connectivity index (χ1) is 10.1. The third-order valence-corrected chi connectivity index (χ3v) is 4.03. The third-order valence-electron chi connectivity index (χ3n) is 2.61. The maximum atomic E-state index is 12.3. The summed E-state index contributed by atoms with van der Waals surface area (Å²) in [6.07, 6.45) is 1.45. The van der Waals surface area contributed by atoms with Crippen molar-refractivity contribution in [3.8, 4) is 5.75 Å². The average molecular weight is 308 g/mol. The maximum Gasteiger partial charge on any atom is 0.265 e. The highest BCUT2D eigenvalue weighted by atomic mass is 32.2. The molecule has 0 amide bonds. The molecule has 0 atom stereocenters. The van der Waals surface area contributed by atoms with Gasteiger partial charge in [0.1, 0.15) is 10.6 Å². The van der Waals surface area contributed by atoms with E-state index in [9.17, 15) is 8.42 Å². The Morgan fingerprint density at radius 1 is 1.24 bits per heavy atom. The van der Waals surface area contributed by atoms with Crippen LogP contribution in [0.1, 0.15) is 6.92 Å². The molecule has 0 bridgehead atoms. The largest absolute Gasteiger partial charge is 0.494 e. The number of nitrogens with two attached hydrogens (primary N) is 1. The zero-order valence-corrected chi connectivity index (χ0v) is 12.2. The number of nitrogen functional groups attached to an aromatic ring is 1. The van der Waals surface area contributed by atoms with Crippen molar-refractivity contribution in [2.24, 2.45) is 5.84 Å². The van der Waals surface area contributed by atoms with Gasteiger partial charge in [0.15, 0.2) is 5.82 Å². The summed E-state index contributed by atoms with van der Waals surface area (Å²) in [7, 11) is -3.78. The molecule has 4 N–H and O–H groups in total. The zero-order valence-electron chi connectivity index (χ0n) is 11.4. The van der Waals surface area contributed by atoms with E-state index in [2.05, 4.69) is 15.1 Å². The van der Waals surface area contributed by atoms with Crippen molar-refractivity contribution in [3.63, 3.8) is 0 Å². The molecule has 0 fully saturated rings. The van der Waals surface area contributed by atoms with Gasteiger partial charge in [0.2, 0.25) is 0 Å². The molecule has 0 aliphatic carbocycles. The molecular formula is C13H16N4O3S. The number of ether oxygens (including phenoxy) is 1. The van der Waals surface area contributed by atoms with Crippen LogP contribution in [-0.2, 0) is 10.0 Å². The number of aromatic nitrogens is 1. The fraction of sp³-hybridized carbons (Fsp3) is 0.154. The summed E-state index contributed by atoms with van der Waals surface area (Å²) in [5.74, 6) is 6.02. The van der Waals surface area contributed by atoms with Crippen molar-refractivity contribution in [2.45, 2.75) is 11.8 Å². The molecule has 0 aliphatic heterocycles. The average Bonchev–Trinajstić information content (AvgIpc) is 2.49. The quantitative estimate of drug-likeness (QED) is 0.552. The molecule has 1 heterocycles. The third kappa shape index (κ3) is 3.61. The Hall–Kier alpha value is -2.32. The molecule has 2 rings (SSSR count). The first-order valence-electron chi connectivity index (χ1n) is 6.24. The number of rotatable bonds is 6. The van der Waals surface area contributed by atoms with Crippen LogP contribution >= 0.6 is 0 Å². The highest BCUT2D eigenvalue weighted by molar-refractivity contribution is 7.92. The minimum atomic E-state index is -3.78. The fourth-order valence-electron chi connectivity index (χ4n) is 1.71. The van der Waals surface area contributed by atoms with E-state index in [4.69, 9.17) is 10.6 Å². The van der Waals surface area contributed by atoms with Crippen molar-refractivity contribution in [1.29, 1.82) is 0 Å². The molecule has 21 heavy (non-hydrogen) atoms. The van der Waals surface area contributed by atoms with Gasteiger partial charge in [-0.15, -0.1) is 0 Å². The maximum absolute atomic E-state index is 12.3.